The van der Waals surface area contributed by atoms with Gasteiger partial charge in [-0.3, -0.25) is 10.1 Å². The number of nitrogens with zero attached hydrogens (tertiary/aromatic N) is 2. The Balaban J connectivity index is 1.57. The number of fused-ring (bicyclic) bond motifs is 1. The monoisotopic (exact) mass is 345 g/mol. The summed E-state index contributed by atoms with van der Waals surface area (Å²) < 4.78 is 0. The lowest BCUT2D eigenvalue weighted by molar-refractivity contribution is 0.102. The largest absolute Gasteiger partial charge is 0.296 e. The standard InChI is InChI=1S/C20H15N3OS/c1-13-6-2-5-9-17(13)19-22-23-20(25-19)21-18(24)16-11-10-14-7-3-4-8-15(14)12-16/h2-12H,1H3,(H,21,23,24). The van der Waals surface area contributed by atoms with Crippen LogP contribution in [0, 0.1) is 6.92 Å². The van der Waals surface area contributed by atoms with E-state index in [9.17, 15) is 4.79 Å². The molecule has 0 aliphatic carbocycles. The first-order valence-electron chi connectivity index (χ1n) is 7.90. The number of aryl methyl sites for hydroxylation is 1. The second kappa shape index (κ2) is 6.45. The van der Waals surface area contributed by atoms with E-state index >= 15 is 0 Å². The van der Waals surface area contributed by atoms with Crippen LogP contribution in [0.3, 0.4) is 0 Å². The van der Waals surface area contributed by atoms with E-state index in [0.29, 0.717) is 10.7 Å². The Morgan fingerprint density at radius 3 is 2.52 bits per heavy atom. The minimum absolute atomic E-state index is 0.182. The van der Waals surface area contributed by atoms with E-state index in [1.165, 1.54) is 11.3 Å². The number of hydrogen-bond donors (Lipinski definition) is 1. The summed E-state index contributed by atoms with van der Waals surface area (Å²) in [4.78, 5) is 12.5. The molecule has 4 nitrogen and oxygen atoms in total. The SMILES string of the molecule is Cc1ccccc1-c1nnc(NC(=O)c2ccc3ccccc3c2)s1. The summed E-state index contributed by atoms with van der Waals surface area (Å²) in [6, 6.07) is 21.6. The van der Waals surface area contributed by atoms with Crippen molar-refractivity contribution in [2.45, 2.75) is 6.92 Å². The van der Waals surface area contributed by atoms with Crippen LogP contribution in [0.25, 0.3) is 21.3 Å². The quantitative estimate of drug-likeness (QED) is 0.573. The Bertz CT molecular complexity index is 1070. The smallest absolute Gasteiger partial charge is 0.257 e. The molecule has 0 fully saturated rings. The van der Waals surface area contributed by atoms with Crippen LogP contribution in [0.5, 0.6) is 0 Å². The van der Waals surface area contributed by atoms with Crippen molar-refractivity contribution < 1.29 is 4.79 Å². The highest BCUT2D eigenvalue weighted by atomic mass is 32.1. The maximum Gasteiger partial charge on any atom is 0.257 e. The van der Waals surface area contributed by atoms with Gasteiger partial charge in [-0.15, -0.1) is 10.2 Å². The lowest BCUT2D eigenvalue weighted by Gasteiger charge is -2.03. The Morgan fingerprint density at radius 1 is 0.920 bits per heavy atom. The van der Waals surface area contributed by atoms with Crippen LogP contribution in [-0.4, -0.2) is 16.1 Å². The predicted octanol–water partition coefficient (Wildman–Crippen LogP) is 4.92. The van der Waals surface area contributed by atoms with Gasteiger partial charge in [0.25, 0.3) is 5.91 Å². The van der Waals surface area contributed by atoms with E-state index in [-0.39, 0.29) is 5.91 Å². The van der Waals surface area contributed by atoms with Gasteiger partial charge in [-0.2, -0.15) is 0 Å². The number of amides is 1. The summed E-state index contributed by atoms with van der Waals surface area (Å²) in [6.07, 6.45) is 0. The fourth-order valence-electron chi connectivity index (χ4n) is 2.70. The molecule has 0 saturated heterocycles. The molecule has 0 aliphatic rings. The molecule has 0 radical (unpaired) electrons. The lowest BCUT2D eigenvalue weighted by atomic mass is 10.1. The summed E-state index contributed by atoms with van der Waals surface area (Å²) in [5.41, 5.74) is 2.77. The van der Waals surface area contributed by atoms with E-state index < -0.39 is 0 Å². The molecule has 0 saturated carbocycles. The molecule has 1 N–H and O–H groups in total. The summed E-state index contributed by atoms with van der Waals surface area (Å²) in [6.45, 7) is 2.03. The minimum atomic E-state index is -0.182. The molecule has 4 rings (SSSR count). The molecule has 4 aromatic rings. The lowest BCUT2D eigenvalue weighted by Crippen LogP contribution is -2.11. The number of hydrogen-bond acceptors (Lipinski definition) is 4. The van der Waals surface area contributed by atoms with Crippen molar-refractivity contribution in [3.63, 3.8) is 0 Å². The number of rotatable bonds is 3. The second-order valence-electron chi connectivity index (χ2n) is 5.74. The van der Waals surface area contributed by atoms with Crippen LogP contribution < -0.4 is 5.32 Å². The van der Waals surface area contributed by atoms with Crippen LogP contribution in [0.1, 0.15) is 15.9 Å². The highest BCUT2D eigenvalue weighted by Gasteiger charge is 2.12. The van der Waals surface area contributed by atoms with Crippen LogP contribution in [-0.2, 0) is 0 Å². The zero-order chi connectivity index (χ0) is 17.2. The fraction of sp³-hybridized carbons (Fsp3) is 0.0500. The maximum absolute atomic E-state index is 12.5. The van der Waals surface area contributed by atoms with Gasteiger partial charge in [-0.05, 0) is 35.4 Å². The number of benzene rings is 3. The topological polar surface area (TPSA) is 54.9 Å². The molecular formula is C20H15N3OS. The van der Waals surface area contributed by atoms with E-state index in [4.69, 9.17) is 0 Å². The first-order valence-corrected chi connectivity index (χ1v) is 8.72. The van der Waals surface area contributed by atoms with Gasteiger partial charge < -0.3 is 0 Å². The molecule has 3 aromatic carbocycles. The maximum atomic E-state index is 12.5. The van der Waals surface area contributed by atoms with Gasteiger partial charge in [0, 0.05) is 11.1 Å². The average molecular weight is 345 g/mol. The van der Waals surface area contributed by atoms with E-state index in [1.54, 1.807) is 0 Å². The highest BCUT2D eigenvalue weighted by molar-refractivity contribution is 7.18. The molecule has 0 aliphatic heterocycles. The third-order valence-electron chi connectivity index (χ3n) is 4.03. The van der Waals surface area contributed by atoms with Crippen LogP contribution in [0.4, 0.5) is 5.13 Å². The van der Waals surface area contributed by atoms with Crippen molar-refractivity contribution in [3.8, 4) is 10.6 Å². The van der Waals surface area contributed by atoms with Gasteiger partial charge in [0.15, 0.2) is 0 Å². The fourth-order valence-corrected chi connectivity index (χ4v) is 3.52. The molecule has 0 bridgehead atoms. The van der Waals surface area contributed by atoms with Gasteiger partial charge in [0.2, 0.25) is 5.13 Å². The molecule has 0 spiro atoms. The van der Waals surface area contributed by atoms with Crippen molar-refractivity contribution in [3.05, 3.63) is 77.9 Å². The Hall–Kier alpha value is -3.05. The minimum Gasteiger partial charge on any atom is -0.296 e. The van der Waals surface area contributed by atoms with Crippen molar-refractivity contribution in [1.29, 1.82) is 0 Å². The molecule has 122 valence electrons. The van der Waals surface area contributed by atoms with E-state index in [1.807, 2.05) is 73.7 Å². The third-order valence-corrected chi connectivity index (χ3v) is 4.90. The molecular weight excluding hydrogens is 330 g/mol. The van der Waals surface area contributed by atoms with Crippen LogP contribution in [0.2, 0.25) is 0 Å². The molecule has 0 unspecified atom stereocenters. The van der Waals surface area contributed by atoms with Crippen molar-refractivity contribution in [2.24, 2.45) is 0 Å². The number of aromatic nitrogens is 2. The molecule has 1 aromatic heterocycles. The number of anilines is 1. The van der Waals surface area contributed by atoms with Crippen molar-refractivity contribution >= 4 is 33.1 Å². The van der Waals surface area contributed by atoms with Gasteiger partial charge in [0.1, 0.15) is 5.01 Å². The summed E-state index contributed by atoms with van der Waals surface area (Å²) in [7, 11) is 0. The Morgan fingerprint density at radius 2 is 1.68 bits per heavy atom. The van der Waals surface area contributed by atoms with E-state index in [0.717, 1.165) is 26.9 Å². The molecule has 5 heteroatoms. The average Bonchev–Trinajstić information content (AvgIpc) is 3.10. The highest BCUT2D eigenvalue weighted by Crippen LogP contribution is 2.29. The van der Waals surface area contributed by atoms with Crippen molar-refractivity contribution in [1.82, 2.24) is 10.2 Å². The summed E-state index contributed by atoms with van der Waals surface area (Å²) in [5, 5.41) is 14.6. The molecule has 25 heavy (non-hydrogen) atoms. The first-order chi connectivity index (χ1) is 12.2. The zero-order valence-corrected chi connectivity index (χ0v) is 14.4. The Labute approximate surface area is 149 Å². The van der Waals surface area contributed by atoms with Gasteiger partial charge in [0.05, 0.1) is 0 Å². The second-order valence-corrected chi connectivity index (χ2v) is 6.72. The number of nitrogens with one attached hydrogen (secondary N) is 1. The van der Waals surface area contributed by atoms with E-state index in [2.05, 4.69) is 15.5 Å². The molecule has 0 atom stereocenters. The molecule has 1 heterocycles. The van der Waals surface area contributed by atoms with Crippen LogP contribution in [0.15, 0.2) is 66.7 Å². The van der Waals surface area contributed by atoms with Crippen molar-refractivity contribution in [2.75, 3.05) is 5.32 Å². The normalized spacial score (nSPS) is 10.8. The van der Waals surface area contributed by atoms with Crippen LogP contribution >= 0.6 is 11.3 Å². The number of carbonyl (C=O) groups is 1. The number of carbonyl (C=O) groups excluding carboxylic acids is 1. The zero-order valence-electron chi connectivity index (χ0n) is 13.6. The van der Waals surface area contributed by atoms with Gasteiger partial charge in [-0.1, -0.05) is 65.9 Å². The Kier molecular flexibility index (Phi) is 3.99. The van der Waals surface area contributed by atoms with Gasteiger partial charge in [-0.25, -0.2) is 0 Å². The predicted molar refractivity (Wildman–Crippen MR) is 102 cm³/mol. The third kappa shape index (κ3) is 3.14. The molecule has 1 amide bonds. The summed E-state index contributed by atoms with van der Waals surface area (Å²) in [5.74, 6) is -0.182. The summed E-state index contributed by atoms with van der Waals surface area (Å²) >= 11 is 1.37. The van der Waals surface area contributed by atoms with Gasteiger partial charge >= 0.3 is 0 Å². The first kappa shape index (κ1) is 15.5.